The van der Waals surface area contributed by atoms with Crippen LogP contribution in [0.15, 0.2) is 18.3 Å². The van der Waals surface area contributed by atoms with Crippen molar-refractivity contribution >= 4 is 5.91 Å². The molecule has 3 nitrogen and oxygen atoms in total. The van der Waals surface area contributed by atoms with Crippen LogP contribution in [-0.2, 0) is 11.3 Å². The zero-order valence-electron chi connectivity index (χ0n) is 8.99. The second-order valence-corrected chi connectivity index (χ2v) is 4.15. The number of amides is 1. The SMILES string of the molecule is Cc1ccc(CNC(=O)C2CCC2)cn1. The van der Waals surface area contributed by atoms with Gasteiger partial charge in [-0.2, -0.15) is 0 Å². The Kier molecular flexibility index (Phi) is 2.99. The molecule has 1 N–H and O–H groups in total. The average molecular weight is 204 g/mol. The molecular formula is C12H16N2O. The van der Waals surface area contributed by atoms with Crippen molar-refractivity contribution in [2.45, 2.75) is 32.7 Å². The van der Waals surface area contributed by atoms with Crippen molar-refractivity contribution in [2.24, 2.45) is 5.92 Å². The second-order valence-electron chi connectivity index (χ2n) is 4.15. The van der Waals surface area contributed by atoms with Gasteiger partial charge in [-0.05, 0) is 31.4 Å². The number of aromatic nitrogens is 1. The maximum atomic E-state index is 11.5. The van der Waals surface area contributed by atoms with Gasteiger partial charge in [0.15, 0.2) is 0 Å². The zero-order chi connectivity index (χ0) is 10.7. The van der Waals surface area contributed by atoms with E-state index in [1.807, 2.05) is 25.3 Å². The first-order valence-electron chi connectivity index (χ1n) is 5.45. The van der Waals surface area contributed by atoms with Crippen LogP contribution in [0.25, 0.3) is 0 Å². The highest BCUT2D eigenvalue weighted by Crippen LogP contribution is 2.26. The molecule has 3 heteroatoms. The molecule has 0 radical (unpaired) electrons. The summed E-state index contributed by atoms with van der Waals surface area (Å²) in [6, 6.07) is 3.97. The number of carbonyl (C=O) groups excluding carboxylic acids is 1. The molecule has 1 saturated carbocycles. The van der Waals surface area contributed by atoms with E-state index in [1.54, 1.807) is 0 Å². The summed E-state index contributed by atoms with van der Waals surface area (Å²) in [5.41, 5.74) is 2.07. The lowest BCUT2D eigenvalue weighted by Crippen LogP contribution is -2.33. The summed E-state index contributed by atoms with van der Waals surface area (Å²) < 4.78 is 0. The smallest absolute Gasteiger partial charge is 0.223 e. The van der Waals surface area contributed by atoms with Crippen molar-refractivity contribution < 1.29 is 4.79 Å². The van der Waals surface area contributed by atoms with E-state index in [2.05, 4.69) is 10.3 Å². The van der Waals surface area contributed by atoms with Crippen LogP contribution in [0.2, 0.25) is 0 Å². The molecule has 0 unspecified atom stereocenters. The highest BCUT2D eigenvalue weighted by atomic mass is 16.1. The lowest BCUT2D eigenvalue weighted by atomic mass is 9.85. The predicted molar refractivity (Wildman–Crippen MR) is 58.2 cm³/mol. The fourth-order valence-electron chi connectivity index (χ4n) is 1.61. The Morgan fingerprint density at radius 1 is 1.53 bits per heavy atom. The first-order valence-corrected chi connectivity index (χ1v) is 5.45. The monoisotopic (exact) mass is 204 g/mol. The molecule has 0 aromatic carbocycles. The highest BCUT2D eigenvalue weighted by molar-refractivity contribution is 5.79. The van der Waals surface area contributed by atoms with Crippen molar-refractivity contribution in [3.8, 4) is 0 Å². The van der Waals surface area contributed by atoms with Gasteiger partial charge in [0.25, 0.3) is 0 Å². The predicted octanol–water partition coefficient (Wildman–Crippen LogP) is 1.81. The van der Waals surface area contributed by atoms with Gasteiger partial charge in [-0.25, -0.2) is 0 Å². The quantitative estimate of drug-likeness (QED) is 0.815. The van der Waals surface area contributed by atoms with Gasteiger partial charge in [0.05, 0.1) is 0 Å². The van der Waals surface area contributed by atoms with E-state index in [9.17, 15) is 4.79 Å². The third kappa shape index (κ3) is 2.55. The minimum absolute atomic E-state index is 0.196. The largest absolute Gasteiger partial charge is 0.352 e. The highest BCUT2D eigenvalue weighted by Gasteiger charge is 2.24. The molecule has 1 fully saturated rings. The molecule has 15 heavy (non-hydrogen) atoms. The second kappa shape index (κ2) is 4.43. The molecule has 0 spiro atoms. The Labute approximate surface area is 89.9 Å². The first kappa shape index (κ1) is 10.1. The van der Waals surface area contributed by atoms with Crippen LogP contribution in [0.4, 0.5) is 0 Å². The minimum Gasteiger partial charge on any atom is -0.352 e. The van der Waals surface area contributed by atoms with Crippen molar-refractivity contribution in [1.29, 1.82) is 0 Å². The number of nitrogens with one attached hydrogen (secondary N) is 1. The molecule has 1 amide bonds. The summed E-state index contributed by atoms with van der Waals surface area (Å²) in [7, 11) is 0. The molecule has 1 aliphatic carbocycles. The van der Waals surface area contributed by atoms with E-state index in [0.29, 0.717) is 6.54 Å². The van der Waals surface area contributed by atoms with Crippen molar-refractivity contribution in [3.05, 3.63) is 29.6 Å². The van der Waals surface area contributed by atoms with Gasteiger partial charge in [-0.15, -0.1) is 0 Å². The summed E-state index contributed by atoms with van der Waals surface area (Å²) in [4.78, 5) is 15.7. The molecule has 1 aliphatic rings. The summed E-state index contributed by atoms with van der Waals surface area (Å²) in [6.45, 7) is 2.55. The fourth-order valence-corrected chi connectivity index (χ4v) is 1.61. The fraction of sp³-hybridized carbons (Fsp3) is 0.500. The van der Waals surface area contributed by atoms with Gasteiger partial charge >= 0.3 is 0 Å². The van der Waals surface area contributed by atoms with Crippen LogP contribution in [0.3, 0.4) is 0 Å². The summed E-state index contributed by atoms with van der Waals surface area (Å²) in [6.07, 6.45) is 5.12. The Hall–Kier alpha value is -1.38. The number of rotatable bonds is 3. The molecule has 0 saturated heterocycles. The van der Waals surface area contributed by atoms with Crippen molar-refractivity contribution in [1.82, 2.24) is 10.3 Å². The van der Waals surface area contributed by atoms with Crippen LogP contribution in [-0.4, -0.2) is 10.9 Å². The van der Waals surface area contributed by atoms with Gasteiger partial charge < -0.3 is 5.32 Å². The van der Waals surface area contributed by atoms with E-state index >= 15 is 0 Å². The third-order valence-electron chi connectivity index (χ3n) is 2.92. The minimum atomic E-state index is 0.196. The topological polar surface area (TPSA) is 42.0 Å². The Morgan fingerprint density at radius 3 is 2.87 bits per heavy atom. The van der Waals surface area contributed by atoms with Crippen LogP contribution < -0.4 is 5.32 Å². The number of aryl methyl sites for hydroxylation is 1. The standard InChI is InChI=1S/C12H16N2O/c1-9-5-6-10(7-13-9)8-14-12(15)11-3-2-4-11/h5-7,11H,2-4,8H2,1H3,(H,14,15). The van der Waals surface area contributed by atoms with E-state index in [0.717, 1.165) is 24.1 Å². The molecule has 0 bridgehead atoms. The molecule has 0 aliphatic heterocycles. The molecule has 1 aromatic rings. The maximum Gasteiger partial charge on any atom is 0.223 e. The van der Waals surface area contributed by atoms with Crippen LogP contribution in [0.1, 0.15) is 30.5 Å². The maximum absolute atomic E-state index is 11.5. The number of hydrogen-bond donors (Lipinski definition) is 1. The summed E-state index contributed by atoms with van der Waals surface area (Å²) >= 11 is 0. The molecule has 0 atom stereocenters. The van der Waals surface area contributed by atoms with Crippen molar-refractivity contribution in [2.75, 3.05) is 0 Å². The number of carbonyl (C=O) groups is 1. The van der Waals surface area contributed by atoms with Crippen molar-refractivity contribution in [3.63, 3.8) is 0 Å². The van der Waals surface area contributed by atoms with Gasteiger partial charge in [-0.3, -0.25) is 9.78 Å². The van der Waals surface area contributed by atoms with Crippen LogP contribution in [0, 0.1) is 12.8 Å². The Balaban J connectivity index is 1.82. The van der Waals surface area contributed by atoms with Gasteiger partial charge in [0, 0.05) is 24.4 Å². The Bertz CT molecular complexity index is 341. The number of nitrogens with zero attached hydrogens (tertiary/aromatic N) is 1. The summed E-state index contributed by atoms with van der Waals surface area (Å²) in [5.74, 6) is 0.463. The normalized spacial score (nSPS) is 15.8. The number of hydrogen-bond acceptors (Lipinski definition) is 2. The molecule has 1 heterocycles. The van der Waals surface area contributed by atoms with Crippen LogP contribution in [0.5, 0.6) is 0 Å². The van der Waals surface area contributed by atoms with E-state index in [-0.39, 0.29) is 11.8 Å². The molecular weight excluding hydrogens is 188 g/mol. The van der Waals surface area contributed by atoms with E-state index < -0.39 is 0 Å². The molecule has 2 rings (SSSR count). The number of pyridine rings is 1. The lowest BCUT2D eigenvalue weighted by molar-refractivity contribution is -0.127. The average Bonchev–Trinajstić information content (AvgIpc) is 2.14. The van der Waals surface area contributed by atoms with Gasteiger partial charge in [-0.1, -0.05) is 12.5 Å². The van der Waals surface area contributed by atoms with Gasteiger partial charge in [0.1, 0.15) is 0 Å². The third-order valence-corrected chi connectivity index (χ3v) is 2.92. The van der Waals surface area contributed by atoms with Gasteiger partial charge in [0.2, 0.25) is 5.91 Å². The van der Waals surface area contributed by atoms with E-state index in [1.165, 1.54) is 6.42 Å². The van der Waals surface area contributed by atoms with Crippen LogP contribution >= 0.6 is 0 Å². The summed E-state index contributed by atoms with van der Waals surface area (Å²) in [5, 5.41) is 2.94. The molecule has 80 valence electrons. The lowest BCUT2D eigenvalue weighted by Gasteiger charge is -2.23. The molecule has 1 aromatic heterocycles. The van der Waals surface area contributed by atoms with E-state index in [4.69, 9.17) is 0 Å². The first-order chi connectivity index (χ1) is 7.25. The Morgan fingerprint density at radius 2 is 2.33 bits per heavy atom. The zero-order valence-corrected chi connectivity index (χ0v) is 8.99.